The highest BCUT2D eigenvalue weighted by molar-refractivity contribution is 5.94. The topological polar surface area (TPSA) is 62.7 Å². The van der Waals surface area contributed by atoms with E-state index < -0.39 is 0 Å². The third-order valence-corrected chi connectivity index (χ3v) is 2.94. The van der Waals surface area contributed by atoms with Crippen molar-refractivity contribution in [2.75, 3.05) is 39.2 Å². The molecule has 0 aliphatic heterocycles. The van der Waals surface area contributed by atoms with Gasteiger partial charge in [-0.3, -0.25) is 9.59 Å². The summed E-state index contributed by atoms with van der Waals surface area (Å²) in [5, 5.41) is 0. The number of anilines is 1. The summed E-state index contributed by atoms with van der Waals surface area (Å²) in [6.07, 6.45) is 1.75. The molecule has 0 saturated heterocycles. The van der Waals surface area contributed by atoms with Crippen LogP contribution in [0.15, 0.2) is 18.3 Å². The van der Waals surface area contributed by atoms with Gasteiger partial charge in [-0.1, -0.05) is 0 Å². The van der Waals surface area contributed by atoms with Gasteiger partial charge < -0.3 is 14.5 Å². The van der Waals surface area contributed by atoms with Gasteiger partial charge >= 0.3 is 5.97 Å². The standard InChI is InChI=1S/C14H21N3O3/c1-5-17(9-8-13(18)20-4)14(19)11-6-7-12(15-10-11)16(2)3/h6-7,10H,5,8-9H2,1-4H3. The van der Waals surface area contributed by atoms with Gasteiger partial charge in [-0.05, 0) is 19.1 Å². The Morgan fingerprint density at radius 1 is 1.30 bits per heavy atom. The Morgan fingerprint density at radius 2 is 2.00 bits per heavy atom. The number of rotatable bonds is 6. The van der Waals surface area contributed by atoms with Crippen LogP contribution in [0.5, 0.6) is 0 Å². The van der Waals surface area contributed by atoms with E-state index in [4.69, 9.17) is 0 Å². The fourth-order valence-corrected chi connectivity index (χ4v) is 1.69. The first-order valence-corrected chi connectivity index (χ1v) is 6.49. The van der Waals surface area contributed by atoms with Crippen molar-refractivity contribution in [3.63, 3.8) is 0 Å². The molecule has 110 valence electrons. The molecule has 0 atom stereocenters. The molecule has 0 bridgehead atoms. The highest BCUT2D eigenvalue weighted by Crippen LogP contribution is 2.10. The van der Waals surface area contributed by atoms with Crippen LogP contribution in [0.2, 0.25) is 0 Å². The molecule has 6 nitrogen and oxygen atoms in total. The van der Waals surface area contributed by atoms with Crippen LogP contribution in [0, 0.1) is 0 Å². The van der Waals surface area contributed by atoms with Gasteiger partial charge in [-0.2, -0.15) is 0 Å². The average molecular weight is 279 g/mol. The second kappa shape index (κ2) is 7.47. The minimum absolute atomic E-state index is 0.130. The summed E-state index contributed by atoms with van der Waals surface area (Å²) in [6.45, 7) is 2.75. The number of esters is 1. The second-order valence-corrected chi connectivity index (χ2v) is 4.51. The van der Waals surface area contributed by atoms with Crippen molar-refractivity contribution >= 4 is 17.7 Å². The minimum atomic E-state index is -0.322. The highest BCUT2D eigenvalue weighted by Gasteiger charge is 2.16. The number of nitrogens with zero attached hydrogens (tertiary/aromatic N) is 3. The van der Waals surface area contributed by atoms with Crippen molar-refractivity contribution in [3.8, 4) is 0 Å². The number of hydrogen-bond donors (Lipinski definition) is 0. The number of methoxy groups -OCH3 is 1. The van der Waals surface area contributed by atoms with E-state index >= 15 is 0 Å². The van der Waals surface area contributed by atoms with E-state index in [1.54, 1.807) is 23.2 Å². The number of hydrogen-bond acceptors (Lipinski definition) is 5. The van der Waals surface area contributed by atoms with Gasteiger partial charge in [0, 0.05) is 33.4 Å². The monoisotopic (exact) mass is 279 g/mol. The molecule has 6 heteroatoms. The zero-order valence-electron chi connectivity index (χ0n) is 12.4. The Hall–Kier alpha value is -2.11. The van der Waals surface area contributed by atoms with E-state index in [-0.39, 0.29) is 18.3 Å². The van der Waals surface area contributed by atoms with E-state index in [0.29, 0.717) is 18.7 Å². The molecule has 0 fully saturated rings. The fourth-order valence-electron chi connectivity index (χ4n) is 1.69. The lowest BCUT2D eigenvalue weighted by atomic mass is 10.2. The van der Waals surface area contributed by atoms with E-state index in [1.165, 1.54) is 7.11 Å². The van der Waals surface area contributed by atoms with Crippen molar-refractivity contribution in [1.29, 1.82) is 0 Å². The summed E-state index contributed by atoms with van der Waals surface area (Å²) in [6, 6.07) is 3.53. The third-order valence-electron chi connectivity index (χ3n) is 2.94. The molecule has 20 heavy (non-hydrogen) atoms. The molecule has 0 unspecified atom stereocenters. The van der Waals surface area contributed by atoms with Gasteiger partial charge in [0.1, 0.15) is 5.82 Å². The van der Waals surface area contributed by atoms with E-state index in [9.17, 15) is 9.59 Å². The maximum absolute atomic E-state index is 12.3. The number of aromatic nitrogens is 1. The Kier molecular flexibility index (Phi) is 5.96. The Balaban J connectivity index is 2.72. The predicted molar refractivity (Wildman–Crippen MR) is 76.8 cm³/mol. The second-order valence-electron chi connectivity index (χ2n) is 4.51. The van der Waals surface area contributed by atoms with Crippen molar-refractivity contribution in [3.05, 3.63) is 23.9 Å². The first-order valence-electron chi connectivity index (χ1n) is 6.49. The molecule has 0 saturated carbocycles. The van der Waals surface area contributed by atoms with Crippen LogP contribution in [-0.4, -0.2) is 56.1 Å². The summed E-state index contributed by atoms with van der Waals surface area (Å²) < 4.78 is 4.58. The molecular formula is C14H21N3O3. The van der Waals surface area contributed by atoms with Crippen LogP contribution >= 0.6 is 0 Å². The summed E-state index contributed by atoms with van der Waals surface area (Å²) in [5.41, 5.74) is 0.516. The zero-order valence-corrected chi connectivity index (χ0v) is 12.4. The number of ether oxygens (including phenoxy) is 1. The number of amides is 1. The average Bonchev–Trinajstić information content (AvgIpc) is 2.47. The van der Waals surface area contributed by atoms with E-state index in [0.717, 1.165) is 5.82 Å². The predicted octanol–water partition coefficient (Wildman–Crippen LogP) is 1.17. The molecular weight excluding hydrogens is 258 g/mol. The fraction of sp³-hybridized carbons (Fsp3) is 0.500. The lowest BCUT2D eigenvalue weighted by molar-refractivity contribution is -0.140. The molecule has 1 aromatic rings. The molecule has 0 aliphatic rings. The summed E-state index contributed by atoms with van der Waals surface area (Å²) in [4.78, 5) is 31.1. The van der Waals surface area contributed by atoms with E-state index in [1.807, 2.05) is 25.9 Å². The Morgan fingerprint density at radius 3 is 2.45 bits per heavy atom. The summed E-state index contributed by atoms with van der Waals surface area (Å²) in [7, 11) is 5.11. The molecule has 0 N–H and O–H groups in total. The van der Waals surface area contributed by atoms with Crippen LogP contribution < -0.4 is 4.90 Å². The van der Waals surface area contributed by atoms with Crippen LogP contribution in [0.4, 0.5) is 5.82 Å². The van der Waals surface area contributed by atoms with Crippen LogP contribution in [0.3, 0.4) is 0 Å². The third kappa shape index (κ3) is 4.22. The van der Waals surface area contributed by atoms with Crippen molar-refractivity contribution in [2.24, 2.45) is 0 Å². The van der Waals surface area contributed by atoms with Gasteiger partial charge in [0.15, 0.2) is 0 Å². The Labute approximate surface area is 119 Å². The quantitative estimate of drug-likeness (QED) is 0.732. The lowest BCUT2D eigenvalue weighted by Gasteiger charge is -2.20. The van der Waals surface area contributed by atoms with Crippen LogP contribution in [0.1, 0.15) is 23.7 Å². The summed E-state index contributed by atoms with van der Waals surface area (Å²) in [5.74, 6) is 0.339. The van der Waals surface area contributed by atoms with Gasteiger partial charge in [0.2, 0.25) is 0 Å². The smallest absolute Gasteiger partial charge is 0.307 e. The van der Waals surface area contributed by atoms with Crippen LogP contribution in [0.25, 0.3) is 0 Å². The zero-order chi connectivity index (χ0) is 15.1. The van der Waals surface area contributed by atoms with Crippen molar-refractivity contribution < 1.29 is 14.3 Å². The van der Waals surface area contributed by atoms with Gasteiger partial charge in [-0.25, -0.2) is 4.98 Å². The molecule has 1 heterocycles. The van der Waals surface area contributed by atoms with Crippen molar-refractivity contribution in [2.45, 2.75) is 13.3 Å². The molecule has 0 aromatic carbocycles. The molecule has 0 aliphatic carbocycles. The lowest BCUT2D eigenvalue weighted by Crippen LogP contribution is -2.33. The molecule has 0 spiro atoms. The van der Waals surface area contributed by atoms with Gasteiger partial charge in [0.25, 0.3) is 5.91 Å². The molecule has 1 aromatic heterocycles. The highest BCUT2D eigenvalue weighted by atomic mass is 16.5. The maximum Gasteiger partial charge on any atom is 0.307 e. The van der Waals surface area contributed by atoms with Crippen molar-refractivity contribution in [1.82, 2.24) is 9.88 Å². The normalized spacial score (nSPS) is 10.0. The molecule has 0 radical (unpaired) electrons. The van der Waals surface area contributed by atoms with Crippen LogP contribution in [-0.2, 0) is 9.53 Å². The first-order chi connectivity index (χ1) is 9.49. The number of pyridine rings is 1. The van der Waals surface area contributed by atoms with E-state index in [2.05, 4.69) is 9.72 Å². The SMILES string of the molecule is CCN(CCC(=O)OC)C(=O)c1ccc(N(C)C)nc1. The minimum Gasteiger partial charge on any atom is -0.469 e. The summed E-state index contributed by atoms with van der Waals surface area (Å²) >= 11 is 0. The largest absolute Gasteiger partial charge is 0.469 e. The molecule has 1 rings (SSSR count). The number of carbonyl (C=O) groups is 2. The van der Waals surface area contributed by atoms with Gasteiger partial charge in [0.05, 0.1) is 19.1 Å². The number of carbonyl (C=O) groups excluding carboxylic acids is 2. The molecule has 1 amide bonds. The first kappa shape index (κ1) is 15.9. The van der Waals surface area contributed by atoms with Gasteiger partial charge in [-0.15, -0.1) is 0 Å². The Bertz CT molecular complexity index is 457. The maximum atomic E-state index is 12.3.